The summed E-state index contributed by atoms with van der Waals surface area (Å²) in [7, 11) is 0. The summed E-state index contributed by atoms with van der Waals surface area (Å²) in [6.07, 6.45) is 4.70. The first-order valence-electron chi connectivity index (χ1n) is 15.9. The number of aryl methyl sites for hydroxylation is 1. The second-order valence-corrected chi connectivity index (χ2v) is 12.6. The Kier molecular flexibility index (Phi) is 9.35. The third-order valence-corrected chi connectivity index (χ3v) is 9.22. The molecule has 4 heterocycles. The number of carbonyl (C=O) groups is 2. The molecule has 0 atom stereocenters. The number of rotatable bonds is 9. The smallest absolute Gasteiger partial charge is 0.265 e. The summed E-state index contributed by atoms with van der Waals surface area (Å²) in [5.74, 6) is -0.188. The van der Waals surface area contributed by atoms with Gasteiger partial charge >= 0.3 is 0 Å². The van der Waals surface area contributed by atoms with E-state index in [1.165, 1.54) is 23.7 Å². The second-order valence-electron chi connectivity index (χ2n) is 11.5. The van der Waals surface area contributed by atoms with Crippen molar-refractivity contribution in [3.8, 4) is 21.7 Å². The zero-order valence-corrected chi connectivity index (χ0v) is 27.5. The highest BCUT2D eigenvalue weighted by Crippen LogP contribution is 2.29. The van der Waals surface area contributed by atoms with Gasteiger partial charge in [0.2, 0.25) is 5.95 Å². The van der Waals surface area contributed by atoms with Crippen molar-refractivity contribution in [2.75, 3.05) is 47.2 Å². The number of benzene rings is 3. The molecule has 49 heavy (non-hydrogen) atoms. The number of hydrogen-bond acceptors (Lipinski definition) is 9. The third kappa shape index (κ3) is 7.64. The van der Waals surface area contributed by atoms with Crippen LogP contribution in [0.1, 0.15) is 25.6 Å². The maximum atomic E-state index is 13.2. The molecule has 10 nitrogen and oxygen atoms in total. The third-order valence-electron chi connectivity index (χ3n) is 8.08. The quantitative estimate of drug-likeness (QED) is 0.144. The van der Waals surface area contributed by atoms with Gasteiger partial charge in [-0.25, -0.2) is 9.97 Å². The molecule has 3 N–H and O–H groups in total. The molecular formula is C38H33N7O3S. The molecule has 3 aromatic heterocycles. The maximum Gasteiger partial charge on any atom is 0.265 e. The van der Waals surface area contributed by atoms with Gasteiger partial charge in [0.25, 0.3) is 11.8 Å². The van der Waals surface area contributed by atoms with E-state index in [4.69, 9.17) is 9.72 Å². The number of thiophene rings is 1. The van der Waals surface area contributed by atoms with E-state index in [0.717, 1.165) is 64.9 Å². The minimum atomic E-state index is -0.361. The summed E-state index contributed by atoms with van der Waals surface area (Å²) in [4.78, 5) is 43.5. The Morgan fingerprint density at radius 1 is 0.796 bits per heavy atom. The molecule has 7 rings (SSSR count). The van der Waals surface area contributed by atoms with Crippen LogP contribution in [0.3, 0.4) is 0 Å². The molecule has 1 aliphatic heterocycles. The first kappa shape index (κ1) is 31.7. The number of anilines is 5. The van der Waals surface area contributed by atoms with Crippen LogP contribution in [-0.2, 0) is 4.74 Å². The number of carbonyl (C=O) groups excluding carboxylic acids is 2. The van der Waals surface area contributed by atoms with E-state index in [-0.39, 0.29) is 11.8 Å². The van der Waals surface area contributed by atoms with Crippen molar-refractivity contribution < 1.29 is 14.3 Å². The standard InChI is InChI=1S/C38H33N7O3S/c1-25-7-10-29(22-33(25)44-38-40-16-15-32(43-38)26-8-11-31(12-9-26)45-17-19-48-20-18-45)41-36(46)28-21-30(24-39-23-28)42-37(47)35-14-13-34(49-35)27-5-3-2-4-6-27/h2-16,21-24H,17-20H2,1H3,(H,41,46)(H,42,47)(H,40,43,44). The van der Waals surface area contributed by atoms with Gasteiger partial charge in [0.1, 0.15) is 0 Å². The Hall–Kier alpha value is -5.91. The predicted octanol–water partition coefficient (Wildman–Crippen LogP) is 7.66. The lowest BCUT2D eigenvalue weighted by molar-refractivity contribution is 0.101. The van der Waals surface area contributed by atoms with Crippen molar-refractivity contribution in [3.05, 3.63) is 132 Å². The Labute approximate surface area is 287 Å². The zero-order chi connectivity index (χ0) is 33.6. The summed E-state index contributed by atoms with van der Waals surface area (Å²) in [6, 6.07) is 31.0. The number of pyridine rings is 1. The van der Waals surface area contributed by atoms with Crippen LogP contribution in [-0.4, -0.2) is 53.1 Å². The Morgan fingerprint density at radius 3 is 2.41 bits per heavy atom. The van der Waals surface area contributed by atoms with Gasteiger partial charge in [-0.1, -0.05) is 48.5 Å². The molecule has 11 heteroatoms. The molecule has 1 aliphatic rings. The van der Waals surface area contributed by atoms with Gasteiger partial charge in [-0.15, -0.1) is 11.3 Å². The average Bonchev–Trinajstić information content (AvgIpc) is 3.65. The van der Waals surface area contributed by atoms with Crippen LogP contribution in [0.2, 0.25) is 0 Å². The summed E-state index contributed by atoms with van der Waals surface area (Å²) in [5.41, 5.74) is 7.01. The normalized spacial score (nSPS) is 12.7. The highest BCUT2D eigenvalue weighted by atomic mass is 32.1. The molecule has 0 unspecified atom stereocenters. The van der Waals surface area contributed by atoms with E-state index in [1.54, 1.807) is 18.3 Å². The monoisotopic (exact) mass is 667 g/mol. The van der Waals surface area contributed by atoms with Crippen LogP contribution < -0.4 is 20.9 Å². The molecule has 3 aromatic carbocycles. The van der Waals surface area contributed by atoms with Gasteiger partial charge in [-0.2, -0.15) is 0 Å². The molecule has 0 bridgehead atoms. The fourth-order valence-corrected chi connectivity index (χ4v) is 6.35. The lowest BCUT2D eigenvalue weighted by Gasteiger charge is -2.28. The fraction of sp³-hybridized carbons (Fsp3) is 0.132. The number of amides is 2. The molecule has 2 amide bonds. The summed E-state index contributed by atoms with van der Waals surface area (Å²) in [6.45, 7) is 5.21. The van der Waals surface area contributed by atoms with E-state index in [0.29, 0.717) is 27.8 Å². The van der Waals surface area contributed by atoms with Gasteiger partial charge < -0.3 is 25.6 Å². The van der Waals surface area contributed by atoms with Crippen LogP contribution in [0.5, 0.6) is 0 Å². The molecule has 0 spiro atoms. The molecule has 0 radical (unpaired) electrons. The largest absolute Gasteiger partial charge is 0.378 e. The fourth-order valence-electron chi connectivity index (χ4n) is 5.45. The Balaban J connectivity index is 1.00. The number of hydrogen-bond donors (Lipinski definition) is 3. The number of nitrogens with one attached hydrogen (secondary N) is 3. The van der Waals surface area contributed by atoms with E-state index < -0.39 is 0 Å². The molecule has 0 saturated carbocycles. The molecule has 1 fully saturated rings. The molecular weight excluding hydrogens is 635 g/mol. The van der Waals surface area contributed by atoms with Crippen molar-refractivity contribution >= 4 is 51.8 Å². The van der Waals surface area contributed by atoms with Crippen molar-refractivity contribution in [2.45, 2.75) is 6.92 Å². The van der Waals surface area contributed by atoms with E-state index in [9.17, 15) is 9.59 Å². The van der Waals surface area contributed by atoms with Crippen molar-refractivity contribution in [1.29, 1.82) is 0 Å². The van der Waals surface area contributed by atoms with Gasteiger partial charge in [-0.05, 0) is 66.6 Å². The molecule has 0 aliphatic carbocycles. The van der Waals surface area contributed by atoms with E-state index in [1.807, 2.05) is 67.6 Å². The second kappa shape index (κ2) is 14.5. The minimum absolute atomic E-state index is 0.267. The molecule has 244 valence electrons. The lowest BCUT2D eigenvalue weighted by Crippen LogP contribution is -2.36. The van der Waals surface area contributed by atoms with Crippen LogP contribution in [0.4, 0.5) is 28.7 Å². The summed E-state index contributed by atoms with van der Waals surface area (Å²) >= 11 is 1.40. The number of nitrogens with zero attached hydrogens (tertiary/aromatic N) is 4. The van der Waals surface area contributed by atoms with E-state index >= 15 is 0 Å². The number of aromatic nitrogens is 3. The lowest BCUT2D eigenvalue weighted by atomic mass is 10.1. The Bertz CT molecular complexity index is 2100. The van der Waals surface area contributed by atoms with Crippen LogP contribution in [0.25, 0.3) is 21.7 Å². The van der Waals surface area contributed by atoms with Crippen LogP contribution in [0.15, 0.2) is 116 Å². The van der Waals surface area contributed by atoms with Gasteiger partial charge in [0, 0.05) is 53.0 Å². The summed E-state index contributed by atoms with van der Waals surface area (Å²) in [5, 5.41) is 9.09. The van der Waals surface area contributed by atoms with E-state index in [2.05, 4.69) is 55.1 Å². The molecule has 1 saturated heterocycles. The van der Waals surface area contributed by atoms with Gasteiger partial charge in [0.05, 0.1) is 41.2 Å². The molecule has 6 aromatic rings. The van der Waals surface area contributed by atoms with Crippen molar-refractivity contribution in [2.24, 2.45) is 0 Å². The highest BCUT2D eigenvalue weighted by molar-refractivity contribution is 7.17. The predicted molar refractivity (Wildman–Crippen MR) is 195 cm³/mol. The van der Waals surface area contributed by atoms with Crippen LogP contribution >= 0.6 is 11.3 Å². The van der Waals surface area contributed by atoms with Gasteiger partial charge in [-0.3, -0.25) is 14.6 Å². The average molecular weight is 668 g/mol. The van der Waals surface area contributed by atoms with Crippen molar-refractivity contribution in [3.63, 3.8) is 0 Å². The number of morpholine rings is 1. The SMILES string of the molecule is Cc1ccc(NC(=O)c2cncc(NC(=O)c3ccc(-c4ccccc4)s3)c2)cc1Nc1nccc(-c2ccc(N3CCOCC3)cc2)n1. The maximum absolute atomic E-state index is 13.2. The Morgan fingerprint density at radius 2 is 1.59 bits per heavy atom. The van der Waals surface area contributed by atoms with Gasteiger partial charge in [0.15, 0.2) is 0 Å². The van der Waals surface area contributed by atoms with Crippen LogP contribution in [0, 0.1) is 6.92 Å². The zero-order valence-electron chi connectivity index (χ0n) is 26.7. The summed E-state index contributed by atoms with van der Waals surface area (Å²) < 4.78 is 5.47. The first-order chi connectivity index (χ1) is 24.0. The topological polar surface area (TPSA) is 121 Å². The number of ether oxygens (including phenoxy) is 1. The first-order valence-corrected chi connectivity index (χ1v) is 16.7. The minimum Gasteiger partial charge on any atom is -0.378 e. The highest BCUT2D eigenvalue weighted by Gasteiger charge is 2.15. The van der Waals surface area contributed by atoms with Crippen molar-refractivity contribution in [1.82, 2.24) is 15.0 Å².